The largest absolute Gasteiger partial charge is 0.319 e. The predicted molar refractivity (Wildman–Crippen MR) is 55.5 cm³/mol. The maximum absolute atomic E-state index is 3.22. The van der Waals surface area contributed by atoms with E-state index in [-0.39, 0.29) is 0 Å². The van der Waals surface area contributed by atoms with Crippen LogP contribution in [-0.2, 0) is 0 Å². The van der Waals surface area contributed by atoms with Crippen LogP contribution in [-0.4, -0.2) is 37.6 Å². The summed E-state index contributed by atoms with van der Waals surface area (Å²) in [4.78, 5) is 2.42. The number of rotatable bonds is 5. The summed E-state index contributed by atoms with van der Waals surface area (Å²) in [5.41, 5.74) is 0. The monoisotopic (exact) mass is 172 g/mol. The molecule has 2 heteroatoms. The Kier molecular flexibility index (Phi) is 5.51. The summed E-state index contributed by atoms with van der Waals surface area (Å²) < 4.78 is 0. The van der Waals surface area contributed by atoms with E-state index in [0.717, 1.165) is 6.54 Å². The van der Waals surface area contributed by atoms with Crippen LogP contribution in [0.1, 0.15) is 27.7 Å². The summed E-state index contributed by atoms with van der Waals surface area (Å²) in [6, 6.07) is 1.29. The summed E-state index contributed by atoms with van der Waals surface area (Å²) in [7, 11) is 4.21. The van der Waals surface area contributed by atoms with Gasteiger partial charge in [-0.2, -0.15) is 0 Å². The Balaban J connectivity index is 3.90. The van der Waals surface area contributed by atoms with Gasteiger partial charge in [0.25, 0.3) is 0 Å². The topological polar surface area (TPSA) is 15.3 Å². The lowest BCUT2D eigenvalue weighted by Gasteiger charge is -2.32. The molecule has 0 fully saturated rings. The Hall–Kier alpha value is -0.0800. The Labute approximate surface area is 77.3 Å². The fraction of sp³-hybridized carbons (Fsp3) is 1.00. The molecule has 0 aliphatic rings. The molecule has 0 aliphatic heterocycles. The summed E-state index contributed by atoms with van der Waals surface area (Å²) in [6.07, 6.45) is 0. The molecule has 0 heterocycles. The highest BCUT2D eigenvalue weighted by Gasteiger charge is 2.17. The van der Waals surface area contributed by atoms with Crippen LogP contribution in [0.5, 0.6) is 0 Å². The lowest BCUT2D eigenvalue weighted by Crippen LogP contribution is -2.41. The van der Waals surface area contributed by atoms with E-state index in [4.69, 9.17) is 0 Å². The van der Waals surface area contributed by atoms with Gasteiger partial charge in [-0.1, -0.05) is 6.92 Å². The number of hydrogen-bond acceptors (Lipinski definition) is 2. The second kappa shape index (κ2) is 5.55. The smallest absolute Gasteiger partial charge is 0.0104 e. The maximum Gasteiger partial charge on any atom is 0.0104 e. The van der Waals surface area contributed by atoms with Crippen molar-refractivity contribution in [3.63, 3.8) is 0 Å². The summed E-state index contributed by atoms with van der Waals surface area (Å²) >= 11 is 0. The second-order valence-electron chi connectivity index (χ2n) is 4.03. The Morgan fingerprint density at radius 2 is 1.67 bits per heavy atom. The first-order valence-corrected chi connectivity index (χ1v) is 4.87. The molecule has 0 spiro atoms. The average molecular weight is 172 g/mol. The van der Waals surface area contributed by atoms with Crippen molar-refractivity contribution in [2.45, 2.75) is 39.8 Å². The maximum atomic E-state index is 3.22. The summed E-state index contributed by atoms with van der Waals surface area (Å²) in [6.45, 7) is 10.2. The van der Waals surface area contributed by atoms with Gasteiger partial charge < -0.3 is 10.2 Å². The van der Waals surface area contributed by atoms with Crippen LogP contribution >= 0.6 is 0 Å². The normalized spacial score (nSPS) is 17.0. The van der Waals surface area contributed by atoms with Crippen molar-refractivity contribution in [1.29, 1.82) is 0 Å². The third kappa shape index (κ3) is 3.55. The van der Waals surface area contributed by atoms with E-state index in [1.165, 1.54) is 0 Å². The quantitative estimate of drug-likeness (QED) is 0.677. The Morgan fingerprint density at radius 3 is 2.00 bits per heavy atom. The molecule has 1 N–H and O–H groups in total. The van der Waals surface area contributed by atoms with Gasteiger partial charge in [-0.3, -0.25) is 0 Å². The van der Waals surface area contributed by atoms with Gasteiger partial charge in [0, 0.05) is 12.1 Å². The van der Waals surface area contributed by atoms with E-state index in [2.05, 4.69) is 45.0 Å². The van der Waals surface area contributed by atoms with Gasteiger partial charge in [-0.25, -0.2) is 0 Å². The molecule has 0 aliphatic carbocycles. The number of hydrogen-bond donors (Lipinski definition) is 1. The standard InChI is InChI=1S/C10H24N2/c1-8(2)12(6)10(4)9(3)7-11-5/h8-11H,7H2,1-6H3. The van der Waals surface area contributed by atoms with E-state index in [1.807, 2.05) is 7.05 Å². The molecule has 74 valence electrons. The third-order valence-corrected chi connectivity index (χ3v) is 2.81. The van der Waals surface area contributed by atoms with Crippen LogP contribution < -0.4 is 5.32 Å². The molecule has 12 heavy (non-hydrogen) atoms. The highest BCUT2D eigenvalue weighted by molar-refractivity contribution is 4.73. The minimum absolute atomic E-state index is 0.638. The fourth-order valence-corrected chi connectivity index (χ4v) is 1.36. The van der Waals surface area contributed by atoms with Gasteiger partial charge in [-0.05, 0) is 47.3 Å². The van der Waals surface area contributed by atoms with E-state index in [0.29, 0.717) is 18.0 Å². The van der Waals surface area contributed by atoms with Gasteiger partial charge in [0.2, 0.25) is 0 Å². The van der Waals surface area contributed by atoms with Crippen molar-refractivity contribution in [2.75, 3.05) is 20.6 Å². The van der Waals surface area contributed by atoms with Crippen molar-refractivity contribution in [3.05, 3.63) is 0 Å². The molecular weight excluding hydrogens is 148 g/mol. The first-order valence-electron chi connectivity index (χ1n) is 4.87. The van der Waals surface area contributed by atoms with Crippen molar-refractivity contribution in [3.8, 4) is 0 Å². The lowest BCUT2D eigenvalue weighted by molar-refractivity contribution is 0.160. The molecule has 0 aromatic rings. The van der Waals surface area contributed by atoms with Gasteiger partial charge >= 0.3 is 0 Å². The van der Waals surface area contributed by atoms with Gasteiger partial charge in [0.05, 0.1) is 0 Å². The molecule has 2 unspecified atom stereocenters. The molecular formula is C10H24N2. The molecule has 0 saturated heterocycles. The van der Waals surface area contributed by atoms with Crippen LogP contribution in [0.4, 0.5) is 0 Å². The fourth-order valence-electron chi connectivity index (χ4n) is 1.36. The van der Waals surface area contributed by atoms with Gasteiger partial charge in [0.1, 0.15) is 0 Å². The van der Waals surface area contributed by atoms with Crippen LogP contribution in [0.2, 0.25) is 0 Å². The van der Waals surface area contributed by atoms with Crippen LogP contribution in [0.3, 0.4) is 0 Å². The molecule has 0 radical (unpaired) electrons. The minimum atomic E-state index is 0.638. The number of nitrogens with one attached hydrogen (secondary N) is 1. The van der Waals surface area contributed by atoms with E-state index < -0.39 is 0 Å². The molecule has 0 amide bonds. The average Bonchev–Trinajstić information content (AvgIpc) is 2.02. The second-order valence-corrected chi connectivity index (χ2v) is 4.03. The number of nitrogens with zero attached hydrogens (tertiary/aromatic N) is 1. The SMILES string of the molecule is CNCC(C)C(C)N(C)C(C)C. The lowest BCUT2D eigenvalue weighted by atomic mass is 10.0. The molecule has 0 aromatic heterocycles. The third-order valence-electron chi connectivity index (χ3n) is 2.81. The summed E-state index contributed by atoms with van der Waals surface area (Å²) in [5, 5.41) is 3.22. The van der Waals surface area contributed by atoms with Crippen molar-refractivity contribution >= 4 is 0 Å². The predicted octanol–water partition coefficient (Wildman–Crippen LogP) is 1.57. The first kappa shape index (κ1) is 11.9. The zero-order valence-electron chi connectivity index (χ0n) is 9.39. The van der Waals surface area contributed by atoms with Crippen LogP contribution in [0.15, 0.2) is 0 Å². The highest BCUT2D eigenvalue weighted by atomic mass is 15.1. The minimum Gasteiger partial charge on any atom is -0.319 e. The van der Waals surface area contributed by atoms with E-state index >= 15 is 0 Å². The Bertz CT molecular complexity index is 112. The van der Waals surface area contributed by atoms with E-state index in [9.17, 15) is 0 Å². The molecule has 0 rings (SSSR count). The molecule has 0 bridgehead atoms. The van der Waals surface area contributed by atoms with Gasteiger partial charge in [0.15, 0.2) is 0 Å². The summed E-state index contributed by atoms with van der Waals surface area (Å²) in [5.74, 6) is 0.711. The van der Waals surface area contributed by atoms with Crippen LogP contribution in [0, 0.1) is 5.92 Å². The zero-order valence-corrected chi connectivity index (χ0v) is 9.39. The zero-order chi connectivity index (χ0) is 9.72. The first-order chi connectivity index (χ1) is 5.50. The molecule has 2 atom stereocenters. The Morgan fingerprint density at radius 1 is 1.17 bits per heavy atom. The molecule has 0 saturated carbocycles. The highest BCUT2D eigenvalue weighted by Crippen LogP contribution is 2.10. The van der Waals surface area contributed by atoms with Gasteiger partial charge in [-0.15, -0.1) is 0 Å². The van der Waals surface area contributed by atoms with Crippen LogP contribution in [0.25, 0.3) is 0 Å². The van der Waals surface area contributed by atoms with Crippen molar-refractivity contribution < 1.29 is 0 Å². The van der Waals surface area contributed by atoms with Crippen molar-refractivity contribution in [1.82, 2.24) is 10.2 Å². The van der Waals surface area contributed by atoms with Crippen molar-refractivity contribution in [2.24, 2.45) is 5.92 Å². The molecule has 0 aromatic carbocycles. The molecule has 2 nitrogen and oxygen atoms in total. The van der Waals surface area contributed by atoms with E-state index in [1.54, 1.807) is 0 Å².